The van der Waals surface area contributed by atoms with Gasteiger partial charge in [0.05, 0.1) is 17.6 Å². The van der Waals surface area contributed by atoms with Crippen LogP contribution in [0.4, 0.5) is 0 Å². The third-order valence-electron chi connectivity index (χ3n) is 4.52. The molecule has 0 fully saturated rings. The smallest absolute Gasteiger partial charge is 0.236 e. The molecule has 0 bridgehead atoms. The zero-order chi connectivity index (χ0) is 19.1. The number of hydrogen-bond donors (Lipinski definition) is 2. The van der Waals surface area contributed by atoms with Crippen molar-refractivity contribution in [3.8, 4) is 5.75 Å². The maximum Gasteiger partial charge on any atom is 0.236 e. The Morgan fingerprint density at radius 3 is 2.58 bits per heavy atom. The molecule has 0 aliphatic heterocycles. The van der Waals surface area contributed by atoms with E-state index in [1.165, 1.54) is 11.1 Å². The molecule has 2 N–H and O–H groups in total. The number of carbonyl (C=O) groups excluding carboxylic acids is 1. The molecule has 4 nitrogen and oxygen atoms in total. The van der Waals surface area contributed by atoms with Gasteiger partial charge in [-0.2, -0.15) is 0 Å². The second-order valence-corrected chi connectivity index (χ2v) is 7.33. The van der Waals surface area contributed by atoms with Crippen molar-refractivity contribution < 1.29 is 9.53 Å². The van der Waals surface area contributed by atoms with Gasteiger partial charge in [-0.25, -0.2) is 0 Å². The van der Waals surface area contributed by atoms with Crippen molar-refractivity contribution in [3.05, 3.63) is 63.6 Å². The van der Waals surface area contributed by atoms with E-state index < -0.39 is 0 Å². The van der Waals surface area contributed by atoms with Crippen LogP contribution in [0.2, 0.25) is 0 Å². The number of rotatable bonds is 8. The largest absolute Gasteiger partial charge is 0.496 e. The van der Waals surface area contributed by atoms with E-state index in [4.69, 9.17) is 4.74 Å². The van der Waals surface area contributed by atoms with Crippen LogP contribution in [-0.2, 0) is 11.2 Å². The molecule has 2 rings (SSSR count). The van der Waals surface area contributed by atoms with E-state index in [-0.39, 0.29) is 18.0 Å². The molecule has 140 valence electrons. The summed E-state index contributed by atoms with van der Waals surface area (Å²) in [6, 6.07) is 14.0. The fourth-order valence-corrected chi connectivity index (χ4v) is 3.42. The number of nitrogens with one attached hydrogen (secondary N) is 2. The van der Waals surface area contributed by atoms with Crippen molar-refractivity contribution in [2.24, 2.45) is 0 Å². The first kappa shape index (κ1) is 20.5. The summed E-state index contributed by atoms with van der Waals surface area (Å²) in [5.74, 6) is 0.806. The number of aryl methyl sites for hydroxylation is 1. The Labute approximate surface area is 164 Å². The van der Waals surface area contributed by atoms with Gasteiger partial charge in [-0.15, -0.1) is 0 Å². The lowest BCUT2D eigenvalue weighted by Crippen LogP contribution is -2.43. The van der Waals surface area contributed by atoms with Gasteiger partial charge >= 0.3 is 0 Å². The molecule has 26 heavy (non-hydrogen) atoms. The summed E-state index contributed by atoms with van der Waals surface area (Å²) in [7, 11) is 1.64. The van der Waals surface area contributed by atoms with Crippen molar-refractivity contribution in [3.63, 3.8) is 0 Å². The zero-order valence-electron chi connectivity index (χ0n) is 15.8. The monoisotopic (exact) mass is 418 g/mol. The maximum atomic E-state index is 12.3. The fourth-order valence-electron chi connectivity index (χ4n) is 2.86. The van der Waals surface area contributed by atoms with E-state index in [1.807, 2.05) is 44.2 Å². The summed E-state index contributed by atoms with van der Waals surface area (Å²) in [4.78, 5) is 12.3. The van der Waals surface area contributed by atoms with Gasteiger partial charge in [0.1, 0.15) is 5.75 Å². The quantitative estimate of drug-likeness (QED) is 0.676. The third-order valence-corrected chi connectivity index (χ3v) is 5.14. The van der Waals surface area contributed by atoms with Gasteiger partial charge in [0.15, 0.2) is 0 Å². The summed E-state index contributed by atoms with van der Waals surface area (Å²) >= 11 is 3.50. The highest BCUT2D eigenvalue weighted by Gasteiger charge is 2.16. The highest BCUT2D eigenvalue weighted by molar-refractivity contribution is 9.10. The highest BCUT2D eigenvalue weighted by Crippen LogP contribution is 2.28. The average Bonchev–Trinajstić information content (AvgIpc) is 2.63. The van der Waals surface area contributed by atoms with Crippen molar-refractivity contribution in [1.29, 1.82) is 0 Å². The zero-order valence-corrected chi connectivity index (χ0v) is 17.4. The number of halogens is 1. The molecule has 0 aliphatic carbocycles. The number of hydrogen-bond acceptors (Lipinski definition) is 3. The molecule has 2 atom stereocenters. The third kappa shape index (κ3) is 5.58. The molecule has 0 aromatic heterocycles. The Morgan fingerprint density at radius 2 is 1.92 bits per heavy atom. The molecular formula is C21H27BrN2O2. The van der Waals surface area contributed by atoms with Crippen LogP contribution >= 0.6 is 15.9 Å². The summed E-state index contributed by atoms with van der Waals surface area (Å²) < 4.78 is 6.16. The van der Waals surface area contributed by atoms with Crippen molar-refractivity contribution >= 4 is 21.8 Å². The SMILES string of the molecule is COc1ccc(C(C)NC(C)C(=O)NCCc2ccccc2C)cc1Br. The predicted molar refractivity (Wildman–Crippen MR) is 110 cm³/mol. The van der Waals surface area contributed by atoms with Gasteiger partial charge in [0.2, 0.25) is 5.91 Å². The van der Waals surface area contributed by atoms with E-state index in [0.29, 0.717) is 6.54 Å². The highest BCUT2D eigenvalue weighted by atomic mass is 79.9. The Hall–Kier alpha value is -1.85. The predicted octanol–water partition coefficient (Wildman–Crippen LogP) is 4.16. The number of methoxy groups -OCH3 is 1. The second kappa shape index (κ2) is 9.74. The van der Waals surface area contributed by atoms with Crippen LogP contribution in [0.15, 0.2) is 46.9 Å². The first-order valence-corrected chi connectivity index (χ1v) is 9.63. The van der Waals surface area contributed by atoms with Crippen LogP contribution in [0.3, 0.4) is 0 Å². The Balaban J connectivity index is 1.84. The molecule has 2 unspecified atom stereocenters. The van der Waals surface area contributed by atoms with E-state index >= 15 is 0 Å². The first-order chi connectivity index (χ1) is 12.4. The van der Waals surface area contributed by atoms with Gasteiger partial charge < -0.3 is 10.1 Å². The summed E-state index contributed by atoms with van der Waals surface area (Å²) in [5.41, 5.74) is 3.62. The van der Waals surface area contributed by atoms with Crippen LogP contribution in [0.5, 0.6) is 5.75 Å². The van der Waals surface area contributed by atoms with Crippen LogP contribution in [-0.4, -0.2) is 25.6 Å². The summed E-state index contributed by atoms with van der Waals surface area (Å²) in [5, 5.41) is 6.36. The standard InChI is InChI=1S/C21H27BrN2O2/c1-14-7-5-6-8-17(14)11-12-23-21(25)16(3)24-15(2)18-9-10-20(26-4)19(22)13-18/h5-10,13,15-16,24H,11-12H2,1-4H3,(H,23,25). The Morgan fingerprint density at radius 1 is 1.19 bits per heavy atom. The number of carbonyl (C=O) groups is 1. The molecule has 0 radical (unpaired) electrons. The van der Waals surface area contributed by atoms with Gasteiger partial charge in [0.25, 0.3) is 0 Å². The minimum Gasteiger partial charge on any atom is -0.496 e. The van der Waals surface area contributed by atoms with E-state index in [0.717, 1.165) is 22.2 Å². The van der Waals surface area contributed by atoms with E-state index in [9.17, 15) is 4.79 Å². The van der Waals surface area contributed by atoms with Gasteiger partial charge in [-0.05, 0) is 71.9 Å². The molecular weight excluding hydrogens is 392 g/mol. The van der Waals surface area contributed by atoms with Crippen LogP contribution in [0, 0.1) is 6.92 Å². The molecule has 0 saturated carbocycles. The Kier molecular flexibility index (Phi) is 7.66. The van der Waals surface area contributed by atoms with Crippen LogP contribution in [0.1, 0.15) is 36.6 Å². The minimum atomic E-state index is -0.275. The van der Waals surface area contributed by atoms with Gasteiger partial charge in [-0.1, -0.05) is 30.3 Å². The lowest BCUT2D eigenvalue weighted by molar-refractivity contribution is -0.122. The second-order valence-electron chi connectivity index (χ2n) is 6.47. The van der Waals surface area contributed by atoms with Crippen molar-refractivity contribution in [2.75, 3.05) is 13.7 Å². The molecule has 0 heterocycles. The number of benzene rings is 2. The molecule has 5 heteroatoms. The molecule has 2 aromatic carbocycles. The van der Waals surface area contributed by atoms with E-state index in [2.05, 4.69) is 45.6 Å². The molecule has 0 saturated heterocycles. The average molecular weight is 419 g/mol. The van der Waals surface area contributed by atoms with Gasteiger partial charge in [0, 0.05) is 12.6 Å². The normalized spacial score (nSPS) is 13.1. The van der Waals surface area contributed by atoms with Crippen LogP contribution < -0.4 is 15.4 Å². The molecule has 0 spiro atoms. The first-order valence-electron chi connectivity index (χ1n) is 8.84. The molecule has 0 aliphatic rings. The maximum absolute atomic E-state index is 12.3. The molecule has 1 amide bonds. The van der Waals surface area contributed by atoms with Gasteiger partial charge in [-0.3, -0.25) is 10.1 Å². The topological polar surface area (TPSA) is 50.4 Å². The van der Waals surface area contributed by atoms with Crippen molar-refractivity contribution in [2.45, 2.75) is 39.3 Å². The Bertz CT molecular complexity index is 749. The summed E-state index contributed by atoms with van der Waals surface area (Å²) in [6.45, 7) is 6.66. The summed E-state index contributed by atoms with van der Waals surface area (Å²) in [6.07, 6.45) is 0.839. The lowest BCUT2D eigenvalue weighted by atomic mass is 10.1. The number of amides is 1. The van der Waals surface area contributed by atoms with Crippen molar-refractivity contribution in [1.82, 2.24) is 10.6 Å². The molecule has 2 aromatic rings. The van der Waals surface area contributed by atoms with E-state index in [1.54, 1.807) is 7.11 Å². The van der Waals surface area contributed by atoms with Crippen LogP contribution in [0.25, 0.3) is 0 Å². The lowest BCUT2D eigenvalue weighted by Gasteiger charge is -2.20. The fraction of sp³-hybridized carbons (Fsp3) is 0.381. The minimum absolute atomic E-state index is 0.0120. The number of ether oxygens (including phenoxy) is 1.